The summed E-state index contributed by atoms with van der Waals surface area (Å²) < 4.78 is 29.1. The highest BCUT2D eigenvalue weighted by atomic mass is 32.2. The molecule has 3 heterocycles. The number of piperazine rings is 1. The highest BCUT2D eigenvalue weighted by Gasteiger charge is 2.36. The van der Waals surface area contributed by atoms with Crippen LogP contribution < -0.4 is 4.90 Å². The van der Waals surface area contributed by atoms with Gasteiger partial charge in [-0.25, -0.2) is 4.98 Å². The second-order valence-electron chi connectivity index (χ2n) is 6.84. The van der Waals surface area contributed by atoms with Gasteiger partial charge < -0.3 is 4.90 Å². The van der Waals surface area contributed by atoms with Crippen molar-refractivity contribution in [2.75, 3.05) is 44.2 Å². The lowest BCUT2D eigenvalue weighted by molar-refractivity contribution is 0.207. The summed E-state index contributed by atoms with van der Waals surface area (Å²) in [5.41, 5.74) is 0. The van der Waals surface area contributed by atoms with Crippen molar-refractivity contribution in [3.8, 4) is 0 Å². The van der Waals surface area contributed by atoms with Gasteiger partial charge >= 0.3 is 0 Å². The average molecular weight is 338 g/mol. The molecule has 1 aromatic rings. The van der Waals surface area contributed by atoms with Crippen LogP contribution in [-0.4, -0.2) is 61.3 Å². The molecule has 0 radical (unpaired) electrons. The van der Waals surface area contributed by atoms with Crippen molar-refractivity contribution < 1.29 is 8.42 Å². The van der Waals surface area contributed by atoms with Crippen molar-refractivity contribution in [1.29, 1.82) is 0 Å². The van der Waals surface area contributed by atoms with Gasteiger partial charge in [-0.05, 0) is 30.4 Å². The summed E-state index contributed by atoms with van der Waals surface area (Å²) >= 11 is 0. The van der Waals surface area contributed by atoms with Crippen LogP contribution in [0.3, 0.4) is 0 Å². The van der Waals surface area contributed by atoms with Crippen LogP contribution >= 0.6 is 0 Å². The molecular weight excluding hydrogens is 312 g/mol. The van der Waals surface area contributed by atoms with Crippen molar-refractivity contribution >= 4 is 16.0 Å². The summed E-state index contributed by atoms with van der Waals surface area (Å²) in [5.74, 6) is 1.79. The minimum Gasteiger partial charge on any atom is -0.354 e. The molecule has 2 saturated heterocycles. The number of anilines is 1. The first-order valence-corrected chi connectivity index (χ1v) is 9.77. The third-order valence-electron chi connectivity index (χ3n) is 4.70. The first-order valence-electron chi connectivity index (χ1n) is 8.38. The molecule has 0 saturated carbocycles. The predicted molar refractivity (Wildman–Crippen MR) is 91.5 cm³/mol. The van der Waals surface area contributed by atoms with Gasteiger partial charge in [0.1, 0.15) is 5.82 Å². The van der Waals surface area contributed by atoms with Gasteiger partial charge in [-0.2, -0.15) is 17.0 Å². The van der Waals surface area contributed by atoms with E-state index in [9.17, 15) is 8.42 Å². The maximum atomic E-state index is 12.9. The molecular formula is C16H26N4O2S. The molecule has 23 heavy (non-hydrogen) atoms. The number of aromatic nitrogens is 1. The largest absolute Gasteiger partial charge is 0.354 e. The lowest BCUT2D eigenvalue weighted by Crippen LogP contribution is -2.55. The fourth-order valence-electron chi connectivity index (χ4n) is 3.65. The Morgan fingerprint density at radius 1 is 1.00 bits per heavy atom. The van der Waals surface area contributed by atoms with Crippen molar-refractivity contribution in [3.63, 3.8) is 0 Å². The maximum absolute atomic E-state index is 12.9. The Bertz CT molecular complexity index is 604. The smallest absolute Gasteiger partial charge is 0.282 e. The van der Waals surface area contributed by atoms with E-state index >= 15 is 0 Å². The van der Waals surface area contributed by atoms with Gasteiger partial charge in [-0.15, -0.1) is 0 Å². The molecule has 2 atom stereocenters. The molecule has 2 unspecified atom stereocenters. The second kappa shape index (κ2) is 6.75. The van der Waals surface area contributed by atoms with E-state index in [1.807, 2.05) is 18.2 Å². The second-order valence-corrected chi connectivity index (χ2v) is 8.77. The third kappa shape index (κ3) is 3.67. The zero-order valence-electron chi connectivity index (χ0n) is 13.9. The van der Waals surface area contributed by atoms with Crippen molar-refractivity contribution in [1.82, 2.24) is 13.6 Å². The van der Waals surface area contributed by atoms with E-state index < -0.39 is 10.2 Å². The zero-order valence-corrected chi connectivity index (χ0v) is 14.7. The zero-order chi connectivity index (χ0) is 16.4. The Morgan fingerprint density at radius 2 is 1.65 bits per heavy atom. The number of hydrogen-bond acceptors (Lipinski definition) is 4. The summed E-state index contributed by atoms with van der Waals surface area (Å²) in [5, 5.41) is 0. The van der Waals surface area contributed by atoms with E-state index in [4.69, 9.17) is 0 Å². The Morgan fingerprint density at radius 3 is 2.22 bits per heavy atom. The number of piperidine rings is 1. The molecule has 0 bridgehead atoms. The Kier molecular flexibility index (Phi) is 4.89. The topological polar surface area (TPSA) is 56.8 Å². The molecule has 2 fully saturated rings. The molecule has 2 aliphatic rings. The van der Waals surface area contributed by atoms with Crippen molar-refractivity contribution in [3.05, 3.63) is 24.4 Å². The summed E-state index contributed by atoms with van der Waals surface area (Å²) in [4.78, 5) is 6.49. The Balaban J connectivity index is 1.64. The Hall–Kier alpha value is -1.18. The SMILES string of the molecule is CC1CC(C)CN(S(=O)(=O)N2CCN(c3ccccn3)CC2)C1. The van der Waals surface area contributed by atoms with Crippen LogP contribution in [0, 0.1) is 11.8 Å². The van der Waals surface area contributed by atoms with Crippen LogP contribution in [-0.2, 0) is 10.2 Å². The lowest BCUT2D eigenvalue weighted by Gasteiger charge is -2.40. The van der Waals surface area contributed by atoms with Crippen LogP contribution in [0.2, 0.25) is 0 Å². The summed E-state index contributed by atoms with van der Waals surface area (Å²) in [6.45, 7) is 8.00. The molecule has 2 aliphatic heterocycles. The van der Waals surface area contributed by atoms with E-state index in [-0.39, 0.29) is 0 Å². The van der Waals surface area contributed by atoms with Crippen LogP contribution in [0.15, 0.2) is 24.4 Å². The van der Waals surface area contributed by atoms with Gasteiger partial charge in [0.05, 0.1) is 0 Å². The fourth-order valence-corrected chi connectivity index (χ4v) is 5.48. The molecule has 0 amide bonds. The number of rotatable bonds is 3. The van der Waals surface area contributed by atoms with E-state index in [0.29, 0.717) is 51.1 Å². The summed E-state index contributed by atoms with van der Waals surface area (Å²) in [7, 11) is -3.34. The minimum absolute atomic E-state index is 0.434. The molecule has 0 aliphatic carbocycles. The number of hydrogen-bond donors (Lipinski definition) is 0. The summed E-state index contributed by atoms with van der Waals surface area (Å²) in [6, 6.07) is 5.82. The lowest BCUT2D eigenvalue weighted by atomic mass is 9.94. The quantitative estimate of drug-likeness (QED) is 0.836. The normalized spacial score (nSPS) is 28.0. The van der Waals surface area contributed by atoms with E-state index in [2.05, 4.69) is 23.7 Å². The van der Waals surface area contributed by atoms with Gasteiger partial charge in [0, 0.05) is 45.5 Å². The van der Waals surface area contributed by atoms with Crippen LogP contribution in [0.1, 0.15) is 20.3 Å². The molecule has 0 spiro atoms. The van der Waals surface area contributed by atoms with Gasteiger partial charge in [-0.3, -0.25) is 0 Å². The molecule has 3 rings (SSSR count). The summed E-state index contributed by atoms with van der Waals surface area (Å²) in [6.07, 6.45) is 2.88. The van der Waals surface area contributed by atoms with Crippen LogP contribution in [0.25, 0.3) is 0 Å². The molecule has 0 aromatic carbocycles. The average Bonchev–Trinajstić information content (AvgIpc) is 2.55. The number of pyridine rings is 1. The first kappa shape index (κ1) is 16.7. The van der Waals surface area contributed by atoms with Gasteiger partial charge in [0.25, 0.3) is 10.2 Å². The number of nitrogens with zero attached hydrogens (tertiary/aromatic N) is 4. The van der Waals surface area contributed by atoms with E-state index in [0.717, 1.165) is 12.2 Å². The van der Waals surface area contributed by atoms with Crippen molar-refractivity contribution in [2.24, 2.45) is 11.8 Å². The van der Waals surface area contributed by atoms with E-state index in [1.165, 1.54) is 0 Å². The van der Waals surface area contributed by atoms with Gasteiger partial charge in [0.15, 0.2) is 0 Å². The van der Waals surface area contributed by atoms with Crippen LogP contribution in [0.4, 0.5) is 5.82 Å². The highest BCUT2D eigenvalue weighted by Crippen LogP contribution is 2.25. The van der Waals surface area contributed by atoms with Crippen LogP contribution in [0.5, 0.6) is 0 Å². The molecule has 6 nitrogen and oxygen atoms in total. The minimum atomic E-state index is -3.34. The molecule has 1 aromatic heterocycles. The van der Waals surface area contributed by atoms with Crippen molar-refractivity contribution in [2.45, 2.75) is 20.3 Å². The van der Waals surface area contributed by atoms with Gasteiger partial charge in [0.2, 0.25) is 0 Å². The molecule has 7 heteroatoms. The standard InChI is InChI=1S/C16H26N4O2S/c1-14-11-15(2)13-20(12-14)23(21,22)19-9-7-18(8-10-19)16-5-3-4-6-17-16/h3-6,14-15H,7-13H2,1-2H3. The van der Waals surface area contributed by atoms with Gasteiger partial charge in [-0.1, -0.05) is 19.9 Å². The third-order valence-corrected chi connectivity index (χ3v) is 6.67. The van der Waals surface area contributed by atoms with E-state index in [1.54, 1.807) is 14.8 Å². The Labute approximate surface area is 139 Å². The highest BCUT2D eigenvalue weighted by molar-refractivity contribution is 7.86. The molecule has 128 valence electrons. The monoisotopic (exact) mass is 338 g/mol. The first-order chi connectivity index (χ1) is 11.0. The fraction of sp³-hybridized carbons (Fsp3) is 0.688. The predicted octanol–water partition coefficient (Wildman–Crippen LogP) is 1.43. The maximum Gasteiger partial charge on any atom is 0.282 e. The molecule has 0 N–H and O–H groups in total.